The predicted octanol–water partition coefficient (Wildman–Crippen LogP) is 3.12. The standard InChI is InChI=1S/C28H42N6O5/c1-16(2)13-19-8-10-20(11-9-19)18(5)24(35)33-22(14-17(3)4)26-34-23(15-39-26)25(36)32-21(27(37)38)7-6-12-31-28(29)30/h8-11,15-18,21-22H,6-7,12-14H2,1-5H3,(H,32,36)(H,33,35)(H,37,38)(H4,29,30,31)/t18-,21-,22?/m0/s1. The number of hydrogen-bond acceptors (Lipinski definition) is 6. The second kappa shape index (κ2) is 14.9. The third-order valence-electron chi connectivity index (χ3n) is 6.14. The number of guanidine groups is 1. The summed E-state index contributed by atoms with van der Waals surface area (Å²) >= 11 is 0. The summed E-state index contributed by atoms with van der Waals surface area (Å²) in [4.78, 5) is 45.6. The van der Waals surface area contributed by atoms with Crippen molar-refractivity contribution in [1.82, 2.24) is 15.6 Å². The van der Waals surface area contributed by atoms with Crippen molar-refractivity contribution in [3.05, 3.63) is 53.2 Å². The number of rotatable bonds is 15. The summed E-state index contributed by atoms with van der Waals surface area (Å²) in [7, 11) is 0. The number of carboxylic acid groups (broad SMARTS) is 1. The summed E-state index contributed by atoms with van der Waals surface area (Å²) in [5.74, 6) is -1.62. The first-order chi connectivity index (χ1) is 18.4. The van der Waals surface area contributed by atoms with Gasteiger partial charge < -0.3 is 31.6 Å². The normalized spacial score (nSPS) is 13.5. The maximum Gasteiger partial charge on any atom is 0.326 e. The maximum atomic E-state index is 13.1. The molecular formula is C28H42N6O5. The Bertz CT molecular complexity index is 1120. The maximum absolute atomic E-state index is 13.1. The van der Waals surface area contributed by atoms with Crippen LogP contribution in [-0.4, -0.2) is 46.4 Å². The van der Waals surface area contributed by atoms with Gasteiger partial charge in [0.15, 0.2) is 11.7 Å². The van der Waals surface area contributed by atoms with Gasteiger partial charge in [0.05, 0.1) is 5.92 Å². The summed E-state index contributed by atoms with van der Waals surface area (Å²) in [5.41, 5.74) is 12.6. The van der Waals surface area contributed by atoms with Gasteiger partial charge in [-0.1, -0.05) is 52.0 Å². The summed E-state index contributed by atoms with van der Waals surface area (Å²) in [6.07, 6.45) is 3.17. The summed E-state index contributed by atoms with van der Waals surface area (Å²) < 4.78 is 5.58. The molecule has 2 aromatic rings. The minimum Gasteiger partial charge on any atom is -0.480 e. The van der Waals surface area contributed by atoms with E-state index in [1.807, 2.05) is 32.9 Å². The van der Waals surface area contributed by atoms with Gasteiger partial charge in [-0.2, -0.15) is 0 Å². The molecule has 214 valence electrons. The highest BCUT2D eigenvalue weighted by Gasteiger charge is 2.27. The van der Waals surface area contributed by atoms with Crippen LogP contribution in [0.25, 0.3) is 0 Å². The van der Waals surface area contributed by atoms with Gasteiger partial charge in [-0.25, -0.2) is 9.78 Å². The molecule has 0 fully saturated rings. The van der Waals surface area contributed by atoms with E-state index in [1.165, 1.54) is 11.8 Å². The summed E-state index contributed by atoms with van der Waals surface area (Å²) in [6.45, 7) is 10.4. The number of nitrogens with one attached hydrogen (secondary N) is 2. The van der Waals surface area contributed by atoms with Gasteiger partial charge in [0.1, 0.15) is 18.3 Å². The van der Waals surface area contributed by atoms with Gasteiger partial charge >= 0.3 is 5.97 Å². The SMILES string of the molecule is CC(C)Cc1ccc([C@H](C)C(=O)NC(CC(C)C)c2nc(C(=O)N[C@@H](CCCN=C(N)N)C(=O)O)co2)cc1. The Morgan fingerprint density at radius 2 is 1.69 bits per heavy atom. The first kappa shape index (κ1) is 31.3. The van der Waals surface area contributed by atoms with Crippen molar-refractivity contribution >= 4 is 23.7 Å². The fourth-order valence-electron chi connectivity index (χ4n) is 4.10. The van der Waals surface area contributed by atoms with Crippen LogP contribution in [0, 0.1) is 11.8 Å². The van der Waals surface area contributed by atoms with Crippen LogP contribution in [-0.2, 0) is 16.0 Å². The van der Waals surface area contributed by atoms with E-state index < -0.39 is 29.9 Å². The van der Waals surface area contributed by atoms with Gasteiger partial charge in [-0.3, -0.25) is 14.6 Å². The van der Waals surface area contributed by atoms with Crippen LogP contribution in [0.15, 0.2) is 39.9 Å². The first-order valence-corrected chi connectivity index (χ1v) is 13.3. The molecule has 3 atom stereocenters. The molecule has 2 rings (SSSR count). The minimum absolute atomic E-state index is 0.0720. The van der Waals surface area contributed by atoms with Crippen LogP contribution in [0.4, 0.5) is 0 Å². The number of carbonyl (C=O) groups is 3. The molecule has 0 spiro atoms. The molecule has 1 unspecified atom stereocenters. The number of oxazole rings is 1. The Morgan fingerprint density at radius 3 is 2.26 bits per heavy atom. The van der Waals surface area contributed by atoms with Crippen molar-refractivity contribution in [2.75, 3.05) is 6.54 Å². The van der Waals surface area contributed by atoms with E-state index in [9.17, 15) is 19.5 Å². The van der Waals surface area contributed by atoms with Crippen LogP contribution in [0.1, 0.15) is 93.3 Å². The zero-order valence-electron chi connectivity index (χ0n) is 23.4. The Kier molecular flexibility index (Phi) is 12.0. The molecule has 11 heteroatoms. The molecule has 11 nitrogen and oxygen atoms in total. The number of nitrogens with zero attached hydrogens (tertiary/aromatic N) is 2. The van der Waals surface area contributed by atoms with Crippen LogP contribution < -0.4 is 22.1 Å². The van der Waals surface area contributed by atoms with Crippen molar-refractivity contribution in [3.8, 4) is 0 Å². The van der Waals surface area contributed by atoms with Crippen LogP contribution in [0.5, 0.6) is 0 Å². The van der Waals surface area contributed by atoms with E-state index in [2.05, 4.69) is 46.6 Å². The Hall–Kier alpha value is -3.89. The number of amides is 2. The molecule has 1 aromatic heterocycles. The topological polar surface area (TPSA) is 186 Å². The molecule has 1 aromatic carbocycles. The summed E-state index contributed by atoms with van der Waals surface area (Å²) in [5, 5.41) is 14.9. The highest BCUT2D eigenvalue weighted by atomic mass is 16.4. The predicted molar refractivity (Wildman–Crippen MR) is 149 cm³/mol. The quantitative estimate of drug-likeness (QED) is 0.129. The van der Waals surface area contributed by atoms with E-state index in [4.69, 9.17) is 15.9 Å². The van der Waals surface area contributed by atoms with Crippen molar-refractivity contribution in [2.24, 2.45) is 28.3 Å². The van der Waals surface area contributed by atoms with Crippen LogP contribution in [0.2, 0.25) is 0 Å². The molecule has 39 heavy (non-hydrogen) atoms. The Morgan fingerprint density at radius 1 is 1.03 bits per heavy atom. The molecule has 7 N–H and O–H groups in total. The van der Waals surface area contributed by atoms with Gasteiger partial charge in [-0.15, -0.1) is 0 Å². The summed E-state index contributed by atoms with van der Waals surface area (Å²) in [6, 6.07) is 6.35. The van der Waals surface area contributed by atoms with E-state index in [0.717, 1.165) is 12.0 Å². The van der Waals surface area contributed by atoms with Crippen molar-refractivity contribution in [1.29, 1.82) is 0 Å². The van der Waals surface area contributed by atoms with E-state index >= 15 is 0 Å². The lowest BCUT2D eigenvalue weighted by Gasteiger charge is -2.20. The van der Waals surface area contributed by atoms with Crippen molar-refractivity contribution in [2.45, 2.75) is 78.3 Å². The number of hydrogen-bond donors (Lipinski definition) is 5. The fraction of sp³-hybridized carbons (Fsp3) is 0.536. The molecule has 0 saturated carbocycles. The largest absolute Gasteiger partial charge is 0.480 e. The van der Waals surface area contributed by atoms with Gasteiger partial charge in [0.25, 0.3) is 5.91 Å². The highest BCUT2D eigenvalue weighted by Crippen LogP contribution is 2.24. The monoisotopic (exact) mass is 542 g/mol. The second-order valence-corrected chi connectivity index (χ2v) is 10.6. The number of aliphatic carboxylic acids is 1. The van der Waals surface area contributed by atoms with Crippen LogP contribution in [0.3, 0.4) is 0 Å². The van der Waals surface area contributed by atoms with E-state index in [1.54, 1.807) is 0 Å². The molecule has 1 heterocycles. The van der Waals surface area contributed by atoms with Gasteiger partial charge in [0.2, 0.25) is 11.8 Å². The number of aliphatic imine (C=N–C) groups is 1. The number of carbonyl (C=O) groups excluding carboxylic acids is 2. The van der Waals surface area contributed by atoms with Gasteiger partial charge in [-0.05, 0) is 55.6 Å². The Balaban J connectivity index is 2.09. The minimum atomic E-state index is -1.19. The highest BCUT2D eigenvalue weighted by molar-refractivity contribution is 5.94. The van der Waals surface area contributed by atoms with Crippen molar-refractivity contribution in [3.63, 3.8) is 0 Å². The molecular weight excluding hydrogens is 500 g/mol. The fourth-order valence-corrected chi connectivity index (χ4v) is 4.10. The lowest BCUT2D eigenvalue weighted by atomic mass is 9.95. The van der Waals surface area contributed by atoms with Crippen LogP contribution >= 0.6 is 0 Å². The Labute approximate surface area is 229 Å². The average Bonchev–Trinajstić information content (AvgIpc) is 3.35. The molecule has 0 aliphatic heterocycles. The smallest absolute Gasteiger partial charge is 0.326 e. The third kappa shape index (κ3) is 10.4. The molecule has 0 saturated heterocycles. The van der Waals surface area contributed by atoms with Gasteiger partial charge in [0, 0.05) is 6.54 Å². The molecule has 0 aliphatic rings. The number of carboxylic acids is 1. The average molecular weight is 543 g/mol. The second-order valence-electron chi connectivity index (χ2n) is 10.6. The molecule has 2 amide bonds. The lowest BCUT2D eigenvalue weighted by molar-refractivity contribution is -0.139. The van der Waals surface area contributed by atoms with E-state index in [-0.39, 0.29) is 42.3 Å². The van der Waals surface area contributed by atoms with E-state index in [0.29, 0.717) is 18.8 Å². The zero-order chi connectivity index (χ0) is 29.1. The first-order valence-electron chi connectivity index (χ1n) is 13.3. The number of nitrogens with two attached hydrogens (primary N) is 2. The molecule has 0 radical (unpaired) electrons. The molecule has 0 bridgehead atoms. The zero-order valence-corrected chi connectivity index (χ0v) is 23.4. The third-order valence-corrected chi connectivity index (χ3v) is 6.14. The van der Waals surface area contributed by atoms with Crippen molar-refractivity contribution < 1.29 is 23.9 Å². The number of aromatic nitrogens is 1. The molecule has 0 aliphatic carbocycles. The number of benzene rings is 1. The lowest BCUT2D eigenvalue weighted by Crippen LogP contribution is -2.41.